The van der Waals surface area contributed by atoms with Crippen LogP contribution in [0.4, 0.5) is 4.39 Å². The van der Waals surface area contributed by atoms with Crippen LogP contribution in [0.2, 0.25) is 0 Å². The zero-order valence-corrected chi connectivity index (χ0v) is 18.0. The Morgan fingerprint density at radius 3 is 2.39 bits per heavy atom. The minimum atomic E-state index is -1.06. The van der Waals surface area contributed by atoms with E-state index in [2.05, 4.69) is 46.3 Å². The van der Waals surface area contributed by atoms with Crippen LogP contribution in [0.5, 0.6) is 0 Å². The van der Waals surface area contributed by atoms with Crippen molar-refractivity contribution in [2.45, 2.75) is 39.3 Å². The molecule has 2 aromatic carbocycles. The molecule has 31 heavy (non-hydrogen) atoms. The minimum Gasteiger partial charge on any atom is -0.378 e. The fourth-order valence-corrected chi connectivity index (χ4v) is 3.43. The third kappa shape index (κ3) is 4.50. The molecule has 0 saturated carbocycles. The number of nitrogens with zero attached hydrogens (tertiary/aromatic N) is 3. The number of halogens is 1. The van der Waals surface area contributed by atoms with Gasteiger partial charge in [-0.3, -0.25) is 4.98 Å². The van der Waals surface area contributed by atoms with E-state index in [1.807, 2.05) is 24.5 Å². The summed E-state index contributed by atoms with van der Waals surface area (Å²) in [7, 11) is 0. The molecule has 0 radical (unpaired) electrons. The van der Waals surface area contributed by atoms with E-state index in [9.17, 15) is 9.50 Å². The summed E-state index contributed by atoms with van der Waals surface area (Å²) >= 11 is 0. The maximum Gasteiger partial charge on any atom is 0.123 e. The molecule has 0 amide bonds. The van der Waals surface area contributed by atoms with Gasteiger partial charge in [0.1, 0.15) is 11.4 Å². The average molecular weight is 413 g/mol. The lowest BCUT2D eigenvalue weighted by atomic mass is 10.0. The second-order valence-corrected chi connectivity index (χ2v) is 8.39. The van der Waals surface area contributed by atoms with Gasteiger partial charge in [-0.2, -0.15) is 0 Å². The number of imidazole rings is 1. The summed E-state index contributed by atoms with van der Waals surface area (Å²) in [5.41, 5.74) is 4.16. The first-order chi connectivity index (χ1) is 14.7. The third-order valence-corrected chi connectivity index (χ3v) is 4.94. The maximum atomic E-state index is 13.4. The number of aromatic nitrogens is 3. The van der Waals surface area contributed by atoms with Crippen molar-refractivity contribution >= 4 is 10.9 Å². The van der Waals surface area contributed by atoms with E-state index in [4.69, 9.17) is 0 Å². The highest BCUT2D eigenvalue weighted by Gasteiger charge is 2.17. The average Bonchev–Trinajstić information content (AvgIpc) is 3.17. The van der Waals surface area contributed by atoms with Gasteiger partial charge in [0.15, 0.2) is 0 Å². The number of hydrogen-bond donors (Lipinski definition) is 1. The highest BCUT2D eigenvalue weighted by molar-refractivity contribution is 5.88. The number of hydrogen-bond acceptors (Lipinski definition) is 3. The molecule has 0 unspecified atom stereocenters. The van der Waals surface area contributed by atoms with Crippen molar-refractivity contribution < 1.29 is 9.50 Å². The zero-order chi connectivity index (χ0) is 22.2. The van der Waals surface area contributed by atoms with E-state index >= 15 is 0 Å². The molecule has 156 valence electrons. The maximum absolute atomic E-state index is 13.4. The van der Waals surface area contributed by atoms with Crippen LogP contribution in [0.1, 0.15) is 39.3 Å². The Bertz CT molecular complexity index is 1300. The van der Waals surface area contributed by atoms with Crippen molar-refractivity contribution in [3.05, 3.63) is 72.4 Å². The summed E-state index contributed by atoms with van der Waals surface area (Å²) in [6, 6.07) is 14.6. The number of rotatable bonds is 3. The second kappa shape index (κ2) is 7.98. The first-order valence-electron chi connectivity index (χ1n) is 10.2. The van der Waals surface area contributed by atoms with Crippen LogP contribution in [0.25, 0.3) is 33.4 Å². The molecular weight excluding hydrogens is 389 g/mol. The first-order valence-corrected chi connectivity index (χ1v) is 10.2. The monoisotopic (exact) mass is 413 g/mol. The van der Waals surface area contributed by atoms with Crippen molar-refractivity contribution in [2.75, 3.05) is 0 Å². The molecule has 0 aliphatic heterocycles. The molecule has 0 atom stereocenters. The Morgan fingerprint density at radius 1 is 1.00 bits per heavy atom. The fraction of sp³-hybridized carbons (Fsp3) is 0.231. The molecule has 4 rings (SSSR count). The normalized spacial score (nSPS) is 11.6. The van der Waals surface area contributed by atoms with Crippen molar-refractivity contribution in [3.63, 3.8) is 0 Å². The Labute approximate surface area is 181 Å². The molecule has 4 nitrogen and oxygen atoms in total. The van der Waals surface area contributed by atoms with Crippen LogP contribution in [-0.2, 0) is 0 Å². The summed E-state index contributed by atoms with van der Waals surface area (Å²) < 4.78 is 15.6. The summed E-state index contributed by atoms with van der Waals surface area (Å²) in [6.45, 7) is 7.51. The van der Waals surface area contributed by atoms with E-state index in [1.54, 1.807) is 32.2 Å². The molecular formula is C26H24FN3O. The standard InChI is InChI=1S/C26H24FN3O/c1-17(2)30-16-29-24(19-5-8-22(27)9-6-19)25(30)20-7-10-23-21(14-20)13-18(15-28-23)11-12-26(3,4)31/h5-10,13-17,31H,1-4H3. The molecule has 5 heteroatoms. The highest BCUT2D eigenvalue weighted by Crippen LogP contribution is 2.34. The molecule has 0 saturated heterocycles. The molecule has 0 spiro atoms. The van der Waals surface area contributed by atoms with Crippen molar-refractivity contribution in [2.24, 2.45) is 0 Å². The fourth-order valence-electron chi connectivity index (χ4n) is 3.43. The van der Waals surface area contributed by atoms with Gasteiger partial charge in [-0.1, -0.05) is 17.9 Å². The summed E-state index contributed by atoms with van der Waals surface area (Å²) in [5.74, 6) is 5.54. The summed E-state index contributed by atoms with van der Waals surface area (Å²) in [6.07, 6.45) is 3.54. The Kier molecular flexibility index (Phi) is 5.34. The minimum absolute atomic E-state index is 0.203. The van der Waals surface area contributed by atoms with E-state index in [0.29, 0.717) is 0 Å². The van der Waals surface area contributed by atoms with Crippen LogP contribution in [-0.4, -0.2) is 25.2 Å². The van der Waals surface area contributed by atoms with Crippen LogP contribution in [0.15, 0.2) is 61.1 Å². The van der Waals surface area contributed by atoms with Gasteiger partial charge in [0.25, 0.3) is 0 Å². The predicted molar refractivity (Wildman–Crippen MR) is 122 cm³/mol. The van der Waals surface area contributed by atoms with Crippen LogP contribution < -0.4 is 0 Å². The molecule has 0 fully saturated rings. The Hall–Kier alpha value is -3.49. The van der Waals surface area contributed by atoms with Crippen LogP contribution in [0.3, 0.4) is 0 Å². The van der Waals surface area contributed by atoms with Gasteiger partial charge in [0.05, 0.1) is 23.2 Å². The topological polar surface area (TPSA) is 50.9 Å². The molecule has 2 heterocycles. The summed E-state index contributed by atoms with van der Waals surface area (Å²) in [4.78, 5) is 9.15. The van der Waals surface area contributed by atoms with Gasteiger partial charge in [-0.15, -0.1) is 0 Å². The molecule has 2 aromatic heterocycles. The molecule has 0 aliphatic rings. The van der Waals surface area contributed by atoms with Gasteiger partial charge in [0.2, 0.25) is 0 Å². The van der Waals surface area contributed by atoms with E-state index in [0.717, 1.165) is 39.0 Å². The van der Waals surface area contributed by atoms with Gasteiger partial charge in [-0.05, 0) is 70.2 Å². The Morgan fingerprint density at radius 2 is 1.71 bits per heavy atom. The smallest absolute Gasteiger partial charge is 0.123 e. The van der Waals surface area contributed by atoms with Gasteiger partial charge in [-0.25, -0.2) is 9.37 Å². The van der Waals surface area contributed by atoms with Gasteiger partial charge < -0.3 is 9.67 Å². The first kappa shape index (κ1) is 20.8. The number of fused-ring (bicyclic) bond motifs is 1. The second-order valence-electron chi connectivity index (χ2n) is 8.39. The van der Waals surface area contributed by atoms with Gasteiger partial charge >= 0.3 is 0 Å². The van der Waals surface area contributed by atoms with Crippen molar-refractivity contribution in [1.82, 2.24) is 14.5 Å². The lowest BCUT2D eigenvalue weighted by Crippen LogP contribution is -2.14. The Balaban J connectivity index is 1.86. The quantitative estimate of drug-likeness (QED) is 0.444. The molecule has 0 bridgehead atoms. The van der Waals surface area contributed by atoms with E-state index < -0.39 is 5.60 Å². The number of pyridine rings is 1. The third-order valence-electron chi connectivity index (χ3n) is 4.94. The SMILES string of the molecule is CC(C)n1cnc(-c2ccc(F)cc2)c1-c1ccc2ncc(C#CC(C)(C)O)cc2c1. The zero-order valence-electron chi connectivity index (χ0n) is 18.0. The van der Waals surface area contributed by atoms with E-state index in [1.165, 1.54) is 12.1 Å². The van der Waals surface area contributed by atoms with Crippen LogP contribution in [0, 0.1) is 17.7 Å². The van der Waals surface area contributed by atoms with Crippen molar-refractivity contribution in [1.29, 1.82) is 0 Å². The van der Waals surface area contributed by atoms with Crippen LogP contribution >= 0.6 is 0 Å². The number of benzene rings is 2. The predicted octanol–water partition coefficient (Wildman–Crippen LogP) is 5.61. The lowest BCUT2D eigenvalue weighted by Gasteiger charge is -2.14. The summed E-state index contributed by atoms with van der Waals surface area (Å²) in [5, 5.41) is 10.8. The molecule has 0 aliphatic carbocycles. The molecule has 1 N–H and O–H groups in total. The van der Waals surface area contributed by atoms with E-state index in [-0.39, 0.29) is 11.9 Å². The molecule has 4 aromatic rings. The van der Waals surface area contributed by atoms with Gasteiger partial charge in [0, 0.05) is 34.3 Å². The largest absolute Gasteiger partial charge is 0.378 e. The number of aliphatic hydroxyl groups is 1. The highest BCUT2D eigenvalue weighted by atomic mass is 19.1. The van der Waals surface area contributed by atoms with Crippen molar-refractivity contribution in [3.8, 4) is 34.4 Å². The lowest BCUT2D eigenvalue weighted by molar-refractivity contribution is 0.143.